The first-order valence-corrected chi connectivity index (χ1v) is 5.04. The number of rotatable bonds is 2. The first kappa shape index (κ1) is 11.0. The van der Waals surface area contributed by atoms with E-state index < -0.39 is 0 Å². The van der Waals surface area contributed by atoms with Gasteiger partial charge in [0.25, 0.3) is 0 Å². The van der Waals surface area contributed by atoms with Gasteiger partial charge in [-0.15, -0.1) is 0 Å². The van der Waals surface area contributed by atoms with Crippen molar-refractivity contribution in [1.82, 2.24) is 15.0 Å². The van der Waals surface area contributed by atoms with Gasteiger partial charge in [0, 0.05) is 11.9 Å². The van der Waals surface area contributed by atoms with Crippen LogP contribution in [0.1, 0.15) is 17.1 Å². The highest BCUT2D eigenvalue weighted by atomic mass is 16.5. The lowest BCUT2D eigenvalue weighted by Gasteiger charge is -2.06. The molecule has 84 valence electrons. The van der Waals surface area contributed by atoms with Crippen LogP contribution in [0.5, 0.6) is 11.8 Å². The zero-order chi connectivity index (χ0) is 12.3. The molecule has 0 saturated heterocycles. The van der Waals surface area contributed by atoms with E-state index in [1.807, 2.05) is 13.0 Å². The zero-order valence-corrected chi connectivity index (χ0v) is 9.51. The molecule has 2 rings (SSSR count). The van der Waals surface area contributed by atoms with Gasteiger partial charge in [0.1, 0.15) is 11.8 Å². The van der Waals surface area contributed by atoms with Gasteiger partial charge in [0.05, 0.1) is 5.69 Å². The molecule has 2 heterocycles. The van der Waals surface area contributed by atoms with E-state index in [-0.39, 0.29) is 11.7 Å². The highest BCUT2D eigenvalue weighted by molar-refractivity contribution is 5.30. The number of aromatic nitrogens is 3. The van der Waals surface area contributed by atoms with Gasteiger partial charge in [0.2, 0.25) is 0 Å². The summed E-state index contributed by atoms with van der Waals surface area (Å²) in [4.78, 5) is 12.2. The largest absolute Gasteiger partial charge is 0.422 e. The third-order valence-electron chi connectivity index (χ3n) is 2.11. The average molecular weight is 226 g/mol. The van der Waals surface area contributed by atoms with Crippen molar-refractivity contribution >= 4 is 0 Å². The smallest absolute Gasteiger partial charge is 0.323 e. The van der Waals surface area contributed by atoms with Crippen molar-refractivity contribution in [3.8, 4) is 17.8 Å². The van der Waals surface area contributed by atoms with Crippen LogP contribution in [0.4, 0.5) is 0 Å². The summed E-state index contributed by atoms with van der Waals surface area (Å²) in [6.07, 6.45) is 1.68. The third-order valence-corrected chi connectivity index (χ3v) is 2.11. The number of aryl methyl sites for hydroxylation is 2. The second-order valence-corrected chi connectivity index (χ2v) is 3.48. The molecule has 0 fully saturated rings. The lowest BCUT2D eigenvalue weighted by atomic mass is 10.3. The van der Waals surface area contributed by atoms with Crippen LogP contribution in [0.25, 0.3) is 0 Å². The molecule has 0 saturated carbocycles. The van der Waals surface area contributed by atoms with Gasteiger partial charge < -0.3 is 4.74 Å². The molecule has 2 aromatic rings. The molecule has 0 aromatic carbocycles. The molecule has 0 unspecified atom stereocenters. The van der Waals surface area contributed by atoms with E-state index in [9.17, 15) is 0 Å². The third kappa shape index (κ3) is 2.55. The standard InChI is InChI=1S/C12H10N4O/c1-8-6-10(7-13)16-12(15-8)17-11-4-3-5-14-9(11)2/h3-6H,1-2H3. The van der Waals surface area contributed by atoms with Crippen LogP contribution in [0.15, 0.2) is 24.4 Å². The number of nitrogens with zero attached hydrogens (tertiary/aromatic N) is 4. The summed E-state index contributed by atoms with van der Waals surface area (Å²) >= 11 is 0. The second-order valence-electron chi connectivity index (χ2n) is 3.48. The van der Waals surface area contributed by atoms with Crippen molar-refractivity contribution < 1.29 is 4.74 Å². The minimum Gasteiger partial charge on any atom is -0.422 e. The molecule has 0 N–H and O–H groups in total. The summed E-state index contributed by atoms with van der Waals surface area (Å²) in [5.41, 5.74) is 1.72. The minimum atomic E-state index is 0.164. The van der Waals surface area contributed by atoms with Crippen LogP contribution in [-0.4, -0.2) is 15.0 Å². The van der Waals surface area contributed by atoms with E-state index in [4.69, 9.17) is 10.00 Å². The Kier molecular flexibility index (Phi) is 2.97. The fourth-order valence-electron chi connectivity index (χ4n) is 1.32. The van der Waals surface area contributed by atoms with E-state index in [1.54, 1.807) is 31.3 Å². The molecule has 0 amide bonds. The predicted molar refractivity (Wildman–Crippen MR) is 60.5 cm³/mol. The topological polar surface area (TPSA) is 71.7 Å². The highest BCUT2D eigenvalue weighted by Crippen LogP contribution is 2.20. The van der Waals surface area contributed by atoms with E-state index >= 15 is 0 Å². The quantitative estimate of drug-likeness (QED) is 0.784. The molecule has 0 spiro atoms. The van der Waals surface area contributed by atoms with Crippen LogP contribution < -0.4 is 4.74 Å². The number of pyridine rings is 1. The number of hydrogen-bond donors (Lipinski definition) is 0. The molecule has 5 heteroatoms. The van der Waals surface area contributed by atoms with Gasteiger partial charge in [-0.2, -0.15) is 10.2 Å². The molecule has 0 aliphatic rings. The number of nitriles is 1. The maximum Gasteiger partial charge on any atom is 0.323 e. The van der Waals surface area contributed by atoms with Gasteiger partial charge in [-0.25, -0.2) is 4.98 Å². The van der Waals surface area contributed by atoms with Crippen molar-refractivity contribution in [2.24, 2.45) is 0 Å². The van der Waals surface area contributed by atoms with Crippen molar-refractivity contribution in [1.29, 1.82) is 5.26 Å². The van der Waals surface area contributed by atoms with Gasteiger partial charge in [-0.1, -0.05) is 0 Å². The molecule has 0 aliphatic carbocycles. The average Bonchev–Trinajstić information content (AvgIpc) is 2.31. The molecule has 0 aliphatic heterocycles. The fourth-order valence-corrected chi connectivity index (χ4v) is 1.32. The normalized spacial score (nSPS) is 9.71. The zero-order valence-electron chi connectivity index (χ0n) is 9.51. The number of ether oxygens (including phenoxy) is 1. The van der Waals surface area contributed by atoms with Gasteiger partial charge in [-0.05, 0) is 32.0 Å². The maximum atomic E-state index is 8.80. The SMILES string of the molecule is Cc1cc(C#N)nc(Oc2cccnc2C)n1. The van der Waals surface area contributed by atoms with Crippen molar-refractivity contribution in [2.45, 2.75) is 13.8 Å². The minimum absolute atomic E-state index is 0.164. The van der Waals surface area contributed by atoms with Crippen LogP contribution in [0.3, 0.4) is 0 Å². The van der Waals surface area contributed by atoms with Crippen molar-refractivity contribution in [3.05, 3.63) is 41.5 Å². The Morgan fingerprint density at radius 3 is 2.82 bits per heavy atom. The summed E-state index contributed by atoms with van der Waals surface area (Å²) < 4.78 is 5.50. The van der Waals surface area contributed by atoms with Crippen molar-refractivity contribution in [3.63, 3.8) is 0 Å². The summed E-state index contributed by atoms with van der Waals surface area (Å²) in [6, 6.07) is 7.27. The molecule has 0 atom stereocenters. The highest BCUT2D eigenvalue weighted by Gasteiger charge is 2.06. The lowest BCUT2D eigenvalue weighted by Crippen LogP contribution is -1.98. The summed E-state index contributed by atoms with van der Waals surface area (Å²) in [7, 11) is 0. The van der Waals surface area contributed by atoms with E-state index in [0.29, 0.717) is 11.4 Å². The van der Waals surface area contributed by atoms with Crippen LogP contribution in [0.2, 0.25) is 0 Å². The Hall–Kier alpha value is -2.48. The molecule has 0 radical (unpaired) electrons. The molecule has 0 bridgehead atoms. The fraction of sp³-hybridized carbons (Fsp3) is 0.167. The molecular weight excluding hydrogens is 216 g/mol. The monoisotopic (exact) mass is 226 g/mol. The van der Waals surface area contributed by atoms with E-state index in [1.165, 1.54) is 0 Å². The summed E-state index contributed by atoms with van der Waals surface area (Å²) in [6.45, 7) is 3.61. The molecular formula is C12H10N4O. The van der Waals surface area contributed by atoms with E-state index in [0.717, 1.165) is 5.69 Å². The van der Waals surface area contributed by atoms with Crippen LogP contribution in [-0.2, 0) is 0 Å². The molecule has 17 heavy (non-hydrogen) atoms. The summed E-state index contributed by atoms with van der Waals surface area (Å²) in [5, 5.41) is 8.80. The Labute approximate surface area is 98.7 Å². The first-order chi connectivity index (χ1) is 8.19. The Bertz CT molecular complexity index is 589. The van der Waals surface area contributed by atoms with Crippen LogP contribution >= 0.6 is 0 Å². The van der Waals surface area contributed by atoms with Crippen molar-refractivity contribution in [2.75, 3.05) is 0 Å². The van der Waals surface area contributed by atoms with Gasteiger partial charge in [-0.3, -0.25) is 4.98 Å². The first-order valence-electron chi connectivity index (χ1n) is 5.04. The number of hydrogen-bond acceptors (Lipinski definition) is 5. The molecule has 5 nitrogen and oxygen atoms in total. The second kappa shape index (κ2) is 4.58. The Morgan fingerprint density at radius 2 is 2.12 bits per heavy atom. The predicted octanol–water partition coefficient (Wildman–Crippen LogP) is 2.15. The molecule has 2 aromatic heterocycles. The maximum absolute atomic E-state index is 8.80. The van der Waals surface area contributed by atoms with Gasteiger partial charge in [0.15, 0.2) is 5.75 Å². The van der Waals surface area contributed by atoms with E-state index in [2.05, 4.69) is 15.0 Å². The summed E-state index contributed by atoms with van der Waals surface area (Å²) in [5.74, 6) is 0.585. The van der Waals surface area contributed by atoms with Gasteiger partial charge >= 0.3 is 6.01 Å². The Morgan fingerprint density at radius 1 is 1.29 bits per heavy atom. The van der Waals surface area contributed by atoms with Crippen LogP contribution in [0, 0.1) is 25.2 Å². The lowest BCUT2D eigenvalue weighted by molar-refractivity contribution is 0.434. The Balaban J connectivity index is 2.34.